The Kier molecular flexibility index (Phi) is 7.33. The molecule has 2 aromatic rings. The van der Waals surface area contributed by atoms with Gasteiger partial charge in [-0.25, -0.2) is 17.8 Å². The van der Waals surface area contributed by atoms with Gasteiger partial charge in [0.1, 0.15) is 10.7 Å². The first-order valence-electron chi connectivity index (χ1n) is 10.5. The van der Waals surface area contributed by atoms with E-state index in [0.29, 0.717) is 18.3 Å². The van der Waals surface area contributed by atoms with E-state index in [4.69, 9.17) is 11.6 Å². The van der Waals surface area contributed by atoms with E-state index >= 15 is 0 Å². The molecule has 2 atom stereocenters. The first-order chi connectivity index (χ1) is 14.9. The normalized spacial score (nSPS) is 21.7. The second-order valence-electron chi connectivity index (χ2n) is 7.98. The summed E-state index contributed by atoms with van der Waals surface area (Å²) in [5, 5.41) is 8.59. The Balaban J connectivity index is 1.28. The van der Waals surface area contributed by atoms with Crippen LogP contribution in [0.4, 0.5) is 15.2 Å². The molecule has 3 N–H and O–H groups in total. The van der Waals surface area contributed by atoms with Crippen molar-refractivity contribution in [1.82, 2.24) is 15.2 Å². The SMILES string of the molecule is O=S(=O)(Nc1nccs1)c1cc(Cl)c(NCCCCN2CCC3CCNCC32)cc1F. The van der Waals surface area contributed by atoms with Crippen molar-refractivity contribution in [2.24, 2.45) is 5.92 Å². The Bertz CT molecular complexity index is 990. The topological polar surface area (TPSA) is 86.4 Å². The van der Waals surface area contributed by atoms with Crippen molar-refractivity contribution < 1.29 is 12.8 Å². The van der Waals surface area contributed by atoms with Crippen LogP contribution in [0.1, 0.15) is 25.7 Å². The molecule has 0 amide bonds. The Morgan fingerprint density at radius 3 is 3.00 bits per heavy atom. The van der Waals surface area contributed by atoms with E-state index in [0.717, 1.165) is 61.9 Å². The maximum Gasteiger partial charge on any atom is 0.266 e. The fourth-order valence-corrected chi connectivity index (χ4v) is 6.58. The highest BCUT2D eigenvalue weighted by atomic mass is 35.5. The Morgan fingerprint density at radius 2 is 2.19 bits per heavy atom. The van der Waals surface area contributed by atoms with Gasteiger partial charge in [0.2, 0.25) is 0 Å². The van der Waals surface area contributed by atoms with Gasteiger partial charge in [0.05, 0.1) is 10.7 Å². The van der Waals surface area contributed by atoms with E-state index in [1.165, 1.54) is 25.6 Å². The number of benzene rings is 1. The number of nitrogens with one attached hydrogen (secondary N) is 3. The molecule has 1 aromatic heterocycles. The number of aromatic nitrogens is 1. The highest BCUT2D eigenvalue weighted by Gasteiger charge is 2.34. The van der Waals surface area contributed by atoms with Crippen molar-refractivity contribution in [1.29, 1.82) is 0 Å². The monoisotopic (exact) mass is 487 g/mol. The summed E-state index contributed by atoms with van der Waals surface area (Å²) in [6.45, 7) is 5.10. The first kappa shape index (κ1) is 22.7. The van der Waals surface area contributed by atoms with Gasteiger partial charge in [-0.2, -0.15) is 0 Å². The van der Waals surface area contributed by atoms with Gasteiger partial charge in [-0.1, -0.05) is 11.6 Å². The predicted molar refractivity (Wildman–Crippen MR) is 123 cm³/mol. The van der Waals surface area contributed by atoms with Crippen LogP contribution in [-0.2, 0) is 10.0 Å². The number of hydrogen-bond donors (Lipinski definition) is 3. The maximum atomic E-state index is 14.5. The molecule has 0 spiro atoms. The molecule has 11 heteroatoms. The zero-order valence-electron chi connectivity index (χ0n) is 17.1. The fourth-order valence-electron chi connectivity index (χ4n) is 4.41. The van der Waals surface area contributed by atoms with Crippen LogP contribution in [0.15, 0.2) is 28.6 Å². The van der Waals surface area contributed by atoms with Crippen LogP contribution >= 0.6 is 22.9 Å². The van der Waals surface area contributed by atoms with Gasteiger partial charge in [-0.05, 0) is 63.4 Å². The van der Waals surface area contributed by atoms with E-state index in [1.54, 1.807) is 5.38 Å². The molecule has 0 saturated carbocycles. The lowest BCUT2D eigenvalue weighted by atomic mass is 9.93. The number of fused-ring (bicyclic) bond motifs is 1. The fraction of sp³-hybridized carbons (Fsp3) is 0.550. The number of halogens is 2. The summed E-state index contributed by atoms with van der Waals surface area (Å²) in [4.78, 5) is 5.94. The Morgan fingerprint density at radius 1 is 1.32 bits per heavy atom. The lowest BCUT2D eigenvalue weighted by Crippen LogP contribution is -2.46. The van der Waals surface area contributed by atoms with Crippen LogP contribution in [0.2, 0.25) is 5.02 Å². The number of piperidine rings is 1. The molecule has 1 aromatic carbocycles. The molecule has 170 valence electrons. The van der Waals surface area contributed by atoms with Gasteiger partial charge < -0.3 is 10.6 Å². The van der Waals surface area contributed by atoms with Crippen molar-refractivity contribution in [2.45, 2.75) is 36.6 Å². The third kappa shape index (κ3) is 5.48. The number of anilines is 2. The molecule has 2 unspecified atom stereocenters. The highest BCUT2D eigenvalue weighted by Crippen LogP contribution is 2.30. The molecular weight excluding hydrogens is 461 g/mol. The number of likely N-dealkylation sites (tertiary alicyclic amines) is 1. The van der Waals surface area contributed by atoms with E-state index < -0.39 is 20.7 Å². The number of thiazole rings is 1. The second-order valence-corrected chi connectivity index (χ2v) is 10.9. The summed E-state index contributed by atoms with van der Waals surface area (Å²) in [6, 6.07) is 2.94. The zero-order chi connectivity index (χ0) is 21.8. The van der Waals surface area contributed by atoms with Crippen LogP contribution < -0.4 is 15.4 Å². The summed E-state index contributed by atoms with van der Waals surface area (Å²) in [7, 11) is -4.10. The van der Waals surface area contributed by atoms with Crippen molar-refractivity contribution in [3.05, 3.63) is 34.5 Å². The summed E-state index contributed by atoms with van der Waals surface area (Å²) < 4.78 is 41.7. The average Bonchev–Trinajstić information content (AvgIpc) is 3.39. The summed E-state index contributed by atoms with van der Waals surface area (Å²) in [5.74, 6) is -0.0232. The Hall–Kier alpha value is -1.46. The number of sulfonamides is 1. The van der Waals surface area contributed by atoms with Crippen LogP contribution in [0.3, 0.4) is 0 Å². The molecular formula is C20H27ClFN5O2S2. The number of rotatable bonds is 9. The van der Waals surface area contributed by atoms with Crippen LogP contribution in [0.5, 0.6) is 0 Å². The van der Waals surface area contributed by atoms with E-state index in [1.807, 2.05) is 0 Å². The molecule has 0 bridgehead atoms. The molecule has 31 heavy (non-hydrogen) atoms. The van der Waals surface area contributed by atoms with Crippen LogP contribution in [0, 0.1) is 11.7 Å². The number of hydrogen-bond acceptors (Lipinski definition) is 7. The van der Waals surface area contributed by atoms with E-state index in [2.05, 4.69) is 25.2 Å². The molecule has 2 fully saturated rings. The van der Waals surface area contributed by atoms with Gasteiger partial charge in [-0.3, -0.25) is 9.62 Å². The Labute approximate surface area is 191 Å². The molecule has 2 aliphatic rings. The largest absolute Gasteiger partial charge is 0.384 e. The standard InChI is InChI=1S/C20H27ClFN5O2S2/c21-15-11-19(31(28,29)26-20-25-7-10-30-20)16(22)12-17(15)24-5-1-2-8-27-9-4-14-3-6-23-13-18(14)27/h7,10-12,14,18,23-24H,1-6,8-9,13H2,(H,25,26). The maximum absolute atomic E-state index is 14.5. The highest BCUT2D eigenvalue weighted by molar-refractivity contribution is 7.93. The van der Waals surface area contributed by atoms with Crippen molar-refractivity contribution in [3.63, 3.8) is 0 Å². The minimum absolute atomic E-state index is 0.163. The van der Waals surface area contributed by atoms with Crippen LogP contribution in [-0.4, -0.2) is 57.1 Å². The summed E-state index contributed by atoms with van der Waals surface area (Å²) >= 11 is 7.34. The predicted octanol–water partition coefficient (Wildman–Crippen LogP) is 3.61. The molecule has 4 rings (SSSR count). The minimum Gasteiger partial charge on any atom is -0.384 e. The second kappa shape index (κ2) is 9.99. The molecule has 2 saturated heterocycles. The summed E-state index contributed by atoms with van der Waals surface area (Å²) in [5.41, 5.74) is 0.394. The van der Waals surface area contributed by atoms with Gasteiger partial charge in [-0.15, -0.1) is 11.3 Å². The number of unbranched alkanes of at least 4 members (excludes halogenated alkanes) is 1. The molecule has 0 radical (unpaired) electrons. The lowest BCUT2D eigenvalue weighted by molar-refractivity contribution is 0.192. The molecule has 7 nitrogen and oxygen atoms in total. The van der Waals surface area contributed by atoms with E-state index in [-0.39, 0.29) is 10.2 Å². The third-order valence-corrected chi connectivity index (χ3v) is 8.48. The lowest BCUT2D eigenvalue weighted by Gasteiger charge is -2.32. The average molecular weight is 488 g/mol. The zero-order valence-corrected chi connectivity index (χ0v) is 19.5. The summed E-state index contributed by atoms with van der Waals surface area (Å²) in [6.07, 6.45) is 6.00. The quantitative estimate of drug-likeness (QED) is 0.468. The van der Waals surface area contributed by atoms with Crippen molar-refractivity contribution >= 4 is 43.8 Å². The smallest absolute Gasteiger partial charge is 0.266 e. The van der Waals surface area contributed by atoms with Gasteiger partial charge in [0.15, 0.2) is 5.13 Å². The minimum atomic E-state index is -4.10. The van der Waals surface area contributed by atoms with Gasteiger partial charge in [0.25, 0.3) is 10.0 Å². The number of nitrogens with zero attached hydrogens (tertiary/aromatic N) is 2. The molecule has 3 heterocycles. The molecule has 0 aliphatic carbocycles. The molecule has 2 aliphatic heterocycles. The van der Waals surface area contributed by atoms with Crippen molar-refractivity contribution in [2.75, 3.05) is 42.8 Å². The third-order valence-electron chi connectivity index (χ3n) is 6.00. The van der Waals surface area contributed by atoms with Crippen LogP contribution in [0.25, 0.3) is 0 Å². The van der Waals surface area contributed by atoms with E-state index in [9.17, 15) is 12.8 Å². The van der Waals surface area contributed by atoms with Gasteiger partial charge >= 0.3 is 0 Å². The van der Waals surface area contributed by atoms with Gasteiger partial charge in [0, 0.05) is 30.7 Å². The first-order valence-corrected chi connectivity index (χ1v) is 13.3. The van der Waals surface area contributed by atoms with Crippen molar-refractivity contribution in [3.8, 4) is 0 Å².